The van der Waals surface area contributed by atoms with E-state index >= 15 is 0 Å². The predicted octanol–water partition coefficient (Wildman–Crippen LogP) is 1.52. The Morgan fingerprint density at radius 1 is 1.83 bits per heavy atom. The average Bonchev–Trinajstić information content (AvgIpc) is 1.65. The summed E-state index contributed by atoms with van der Waals surface area (Å²) in [6, 6.07) is 0. The molecule has 0 N–H and O–H groups in total. The number of rotatable bonds is 1. The zero-order valence-corrected chi connectivity index (χ0v) is 5.98. The van der Waals surface area contributed by atoms with Crippen molar-refractivity contribution in [1.29, 1.82) is 0 Å². The molecule has 0 fully saturated rings. The summed E-state index contributed by atoms with van der Waals surface area (Å²) < 4.78 is 4.78. The first kappa shape index (κ1) is 6.56. The van der Waals surface area contributed by atoms with E-state index in [9.17, 15) is 0 Å². The van der Waals surface area contributed by atoms with Crippen LogP contribution in [0.15, 0.2) is 0 Å². The van der Waals surface area contributed by atoms with Gasteiger partial charge in [0.05, 0.1) is 5.48 Å². The Bertz CT molecular complexity index is 59.8. The minimum atomic E-state index is 1.03. The standard InChI is InChI=1S/C3H8OP2/c1-3(4-2)6-5/h5H2,1-2H3. The monoisotopic (exact) mass is 122 g/mol. The van der Waals surface area contributed by atoms with Crippen molar-refractivity contribution in [3.63, 3.8) is 0 Å². The third-order valence-electron chi connectivity index (χ3n) is 0.477. The highest BCUT2D eigenvalue weighted by molar-refractivity contribution is 8.02. The van der Waals surface area contributed by atoms with Gasteiger partial charge < -0.3 is 4.74 Å². The molecular weight excluding hydrogens is 114 g/mol. The van der Waals surface area contributed by atoms with Crippen molar-refractivity contribution in [3.8, 4) is 0 Å². The molecule has 0 saturated carbocycles. The summed E-state index contributed by atoms with van der Waals surface area (Å²) in [6.07, 6.45) is 0. The molecule has 1 atom stereocenters. The van der Waals surface area contributed by atoms with Crippen molar-refractivity contribution in [1.82, 2.24) is 0 Å². The maximum absolute atomic E-state index is 4.78. The predicted molar refractivity (Wildman–Crippen MR) is 34.3 cm³/mol. The molecule has 1 nitrogen and oxygen atoms in total. The lowest BCUT2D eigenvalue weighted by Gasteiger charge is -1.87. The van der Waals surface area contributed by atoms with E-state index in [4.69, 9.17) is 4.74 Å². The Hall–Kier alpha value is 0.560. The van der Waals surface area contributed by atoms with E-state index in [1.54, 1.807) is 7.11 Å². The van der Waals surface area contributed by atoms with Gasteiger partial charge in [0, 0.05) is 7.11 Å². The summed E-state index contributed by atoms with van der Waals surface area (Å²) in [5, 5.41) is 0. The SMILES string of the molecule is CO/C(C)=P\P. The van der Waals surface area contributed by atoms with Crippen LogP contribution in [0.3, 0.4) is 0 Å². The van der Waals surface area contributed by atoms with Crippen molar-refractivity contribution >= 4 is 22.3 Å². The Morgan fingerprint density at radius 3 is 2.33 bits per heavy atom. The van der Waals surface area contributed by atoms with Gasteiger partial charge in [-0.3, -0.25) is 0 Å². The van der Waals surface area contributed by atoms with Gasteiger partial charge in [0.15, 0.2) is 0 Å². The van der Waals surface area contributed by atoms with Crippen LogP contribution < -0.4 is 0 Å². The largest absolute Gasteiger partial charge is 0.349 e. The molecular formula is C3H8OP2. The van der Waals surface area contributed by atoms with Gasteiger partial charge in [-0.2, -0.15) is 0 Å². The quantitative estimate of drug-likeness (QED) is 0.479. The van der Waals surface area contributed by atoms with E-state index in [2.05, 4.69) is 8.93 Å². The number of ether oxygens (including phenoxy) is 1. The smallest absolute Gasteiger partial charge is 0.0749 e. The maximum atomic E-state index is 4.78. The second-order valence-corrected chi connectivity index (χ2v) is 2.51. The third kappa shape index (κ3) is 2.78. The highest BCUT2D eigenvalue weighted by Crippen LogP contribution is 2.08. The topological polar surface area (TPSA) is 9.23 Å². The lowest BCUT2D eigenvalue weighted by atomic mass is 10.9. The molecule has 0 aromatic rings. The van der Waals surface area contributed by atoms with Gasteiger partial charge >= 0.3 is 0 Å². The summed E-state index contributed by atoms with van der Waals surface area (Å²) in [5.41, 5.74) is 1.03. The summed E-state index contributed by atoms with van der Waals surface area (Å²) in [4.78, 5) is 0. The zero-order chi connectivity index (χ0) is 4.99. The molecule has 0 bridgehead atoms. The van der Waals surface area contributed by atoms with Gasteiger partial charge in [0.25, 0.3) is 0 Å². The molecule has 1 unspecified atom stereocenters. The van der Waals surface area contributed by atoms with E-state index in [0.29, 0.717) is 0 Å². The fourth-order valence-corrected chi connectivity index (χ4v) is 0.474. The summed E-state index contributed by atoms with van der Waals surface area (Å²) >= 11 is 0. The van der Waals surface area contributed by atoms with E-state index in [1.807, 2.05) is 6.92 Å². The second kappa shape index (κ2) is 3.74. The fraction of sp³-hybridized carbons (Fsp3) is 0.667. The molecule has 6 heavy (non-hydrogen) atoms. The van der Waals surface area contributed by atoms with E-state index in [-0.39, 0.29) is 0 Å². The molecule has 0 aliphatic carbocycles. The first-order chi connectivity index (χ1) is 2.81. The summed E-state index contributed by atoms with van der Waals surface area (Å²) in [7, 11) is 5.36. The van der Waals surface area contributed by atoms with Gasteiger partial charge in [-0.05, 0) is 6.92 Å². The van der Waals surface area contributed by atoms with Crippen LogP contribution in [0.25, 0.3) is 0 Å². The van der Waals surface area contributed by atoms with E-state index in [0.717, 1.165) is 13.4 Å². The van der Waals surface area contributed by atoms with Gasteiger partial charge in [-0.25, -0.2) is 0 Å². The van der Waals surface area contributed by atoms with Gasteiger partial charge in [-0.1, -0.05) is 16.8 Å². The van der Waals surface area contributed by atoms with Gasteiger partial charge in [-0.15, -0.1) is 0 Å². The highest BCUT2D eigenvalue weighted by atomic mass is 32.0. The first-order valence-electron chi connectivity index (χ1n) is 1.59. The number of methoxy groups -OCH3 is 1. The zero-order valence-electron chi connectivity index (χ0n) is 3.93. The van der Waals surface area contributed by atoms with Crippen LogP contribution in [0.1, 0.15) is 6.92 Å². The van der Waals surface area contributed by atoms with Crippen LogP contribution in [0, 0.1) is 0 Å². The molecule has 0 aliphatic heterocycles. The first-order valence-corrected chi connectivity index (χ1v) is 4.11. The molecule has 0 saturated heterocycles. The maximum Gasteiger partial charge on any atom is 0.0749 e. The molecule has 0 aliphatic rings. The van der Waals surface area contributed by atoms with Crippen molar-refractivity contribution in [2.45, 2.75) is 6.92 Å². The van der Waals surface area contributed by atoms with Crippen molar-refractivity contribution in [2.75, 3.05) is 7.11 Å². The van der Waals surface area contributed by atoms with Gasteiger partial charge in [0.2, 0.25) is 0 Å². The van der Waals surface area contributed by atoms with Crippen LogP contribution in [-0.4, -0.2) is 12.6 Å². The minimum Gasteiger partial charge on any atom is -0.349 e. The molecule has 0 amide bonds. The van der Waals surface area contributed by atoms with E-state index < -0.39 is 0 Å². The highest BCUT2D eigenvalue weighted by Gasteiger charge is 1.73. The Kier molecular flexibility index (Phi) is 4.09. The molecule has 3 heteroatoms. The second-order valence-electron chi connectivity index (χ2n) is 0.852. The normalized spacial score (nSPS) is 12.2. The van der Waals surface area contributed by atoms with Crippen LogP contribution >= 0.6 is 16.8 Å². The lowest BCUT2D eigenvalue weighted by molar-refractivity contribution is 0.411. The van der Waals surface area contributed by atoms with Gasteiger partial charge in [0.1, 0.15) is 0 Å². The molecule has 0 heterocycles. The molecule has 0 radical (unpaired) electrons. The Morgan fingerprint density at radius 2 is 2.33 bits per heavy atom. The van der Waals surface area contributed by atoms with Crippen LogP contribution in [-0.2, 0) is 4.74 Å². The number of hydrogen-bond acceptors (Lipinski definition) is 1. The van der Waals surface area contributed by atoms with Crippen molar-refractivity contribution in [2.24, 2.45) is 0 Å². The molecule has 0 spiro atoms. The summed E-state index contributed by atoms with van der Waals surface area (Å²) in [5.74, 6) is 0. The van der Waals surface area contributed by atoms with Crippen LogP contribution in [0.2, 0.25) is 0 Å². The van der Waals surface area contributed by atoms with E-state index in [1.165, 1.54) is 0 Å². The van der Waals surface area contributed by atoms with Crippen molar-refractivity contribution < 1.29 is 4.74 Å². The molecule has 0 aromatic carbocycles. The summed E-state index contributed by atoms with van der Waals surface area (Å²) in [6.45, 7) is 1.94. The minimum absolute atomic E-state index is 1.03. The molecule has 0 rings (SSSR count). The number of hydrogen-bond donors (Lipinski definition) is 0. The average molecular weight is 122 g/mol. The van der Waals surface area contributed by atoms with Crippen LogP contribution in [0.5, 0.6) is 0 Å². The Balaban J connectivity index is 3.22. The molecule has 36 valence electrons. The fourth-order valence-electron chi connectivity index (χ4n) is 0.0527. The Labute approximate surface area is 42.0 Å². The lowest BCUT2D eigenvalue weighted by Crippen LogP contribution is -1.85. The third-order valence-corrected chi connectivity index (χ3v) is 2.11. The van der Waals surface area contributed by atoms with Crippen LogP contribution in [0.4, 0.5) is 0 Å². The molecule has 0 aromatic heterocycles. The van der Waals surface area contributed by atoms with Crippen molar-refractivity contribution in [3.05, 3.63) is 0 Å².